The highest BCUT2D eigenvalue weighted by Gasteiger charge is 2.35. The number of nitro benzene ring substituents is 1. The molecule has 11 heteroatoms. The molecule has 2 N–H and O–H groups in total. The summed E-state index contributed by atoms with van der Waals surface area (Å²) < 4.78 is 26.0. The maximum absolute atomic E-state index is 14.1. The van der Waals surface area contributed by atoms with Crippen molar-refractivity contribution in [3.8, 4) is 11.5 Å². The molecule has 0 aliphatic carbocycles. The lowest BCUT2D eigenvalue weighted by Gasteiger charge is -2.39. The van der Waals surface area contributed by atoms with E-state index in [2.05, 4.69) is 21.2 Å². The van der Waals surface area contributed by atoms with Crippen LogP contribution in [-0.2, 0) is 11.2 Å². The zero-order chi connectivity index (χ0) is 24.5. The molecule has 0 radical (unpaired) electrons. The maximum Gasteiger partial charge on any atom is 0.312 e. The molecule has 1 amide bonds. The van der Waals surface area contributed by atoms with Crippen LogP contribution in [0.25, 0.3) is 0 Å². The van der Waals surface area contributed by atoms with Crippen molar-refractivity contribution in [3.63, 3.8) is 0 Å². The van der Waals surface area contributed by atoms with E-state index in [9.17, 15) is 24.4 Å². The molecule has 2 heterocycles. The van der Waals surface area contributed by atoms with Crippen LogP contribution in [0.5, 0.6) is 11.5 Å². The number of fused-ring (bicyclic) bond motifs is 1. The van der Waals surface area contributed by atoms with Gasteiger partial charge in [0.2, 0.25) is 5.91 Å². The molecular weight excluding hydrogens is 513 g/mol. The van der Waals surface area contributed by atoms with E-state index >= 15 is 0 Å². The van der Waals surface area contributed by atoms with Gasteiger partial charge in [-0.1, -0.05) is 0 Å². The van der Waals surface area contributed by atoms with Crippen LogP contribution < -0.4 is 19.7 Å². The molecule has 34 heavy (non-hydrogen) atoms. The third-order valence-electron chi connectivity index (χ3n) is 6.14. The Kier molecular flexibility index (Phi) is 6.94. The molecule has 0 spiro atoms. The number of benzene rings is 2. The van der Waals surface area contributed by atoms with Crippen LogP contribution in [0.3, 0.4) is 0 Å². The highest BCUT2D eigenvalue weighted by molar-refractivity contribution is 9.10. The smallest absolute Gasteiger partial charge is 0.312 e. The first-order valence-corrected chi connectivity index (χ1v) is 11.8. The van der Waals surface area contributed by atoms with E-state index < -0.39 is 16.3 Å². The summed E-state index contributed by atoms with van der Waals surface area (Å²) in [5.41, 5.74) is 0.284. The topological polar surface area (TPSA) is 114 Å². The van der Waals surface area contributed by atoms with Crippen molar-refractivity contribution in [1.29, 1.82) is 0 Å². The van der Waals surface area contributed by atoms with Crippen LogP contribution in [-0.4, -0.2) is 47.8 Å². The van der Waals surface area contributed by atoms with Gasteiger partial charge in [-0.05, 0) is 54.2 Å². The summed E-state index contributed by atoms with van der Waals surface area (Å²) in [5.74, 6) is -0.100. The Morgan fingerprint density at radius 3 is 2.65 bits per heavy atom. The number of hydrogen-bond donors (Lipinski definition) is 2. The number of nitrogens with zero attached hydrogens (tertiary/aromatic N) is 2. The van der Waals surface area contributed by atoms with E-state index in [-0.39, 0.29) is 36.1 Å². The molecule has 0 saturated carbocycles. The van der Waals surface area contributed by atoms with Gasteiger partial charge in [0.05, 0.1) is 22.9 Å². The number of halogens is 2. The lowest BCUT2D eigenvalue weighted by atomic mass is 9.92. The van der Waals surface area contributed by atoms with E-state index in [0.29, 0.717) is 54.7 Å². The molecule has 0 bridgehead atoms. The number of hydrogen-bond acceptors (Lipinski definition) is 7. The number of ether oxygens (including phenoxy) is 2. The Bertz CT molecular complexity index is 1120. The molecule has 0 unspecified atom stereocenters. The van der Waals surface area contributed by atoms with Crippen LogP contribution in [0.1, 0.15) is 31.7 Å². The number of rotatable bonds is 7. The number of nitro groups is 1. The summed E-state index contributed by atoms with van der Waals surface area (Å²) in [4.78, 5) is 24.5. The van der Waals surface area contributed by atoms with Gasteiger partial charge in [-0.2, -0.15) is 0 Å². The van der Waals surface area contributed by atoms with Gasteiger partial charge in [-0.15, -0.1) is 0 Å². The molecular formula is C23H25BrFN3O6. The molecule has 0 atom stereocenters. The van der Waals surface area contributed by atoms with Gasteiger partial charge in [-0.25, -0.2) is 4.39 Å². The molecule has 4 rings (SSSR count). The second-order valence-electron chi connectivity index (χ2n) is 8.41. The highest BCUT2D eigenvalue weighted by atomic mass is 79.9. The fraction of sp³-hybridized carbons (Fsp3) is 0.435. The molecule has 2 aliphatic rings. The van der Waals surface area contributed by atoms with E-state index in [0.717, 1.165) is 5.69 Å². The number of nitrogens with one attached hydrogen (secondary N) is 1. The lowest BCUT2D eigenvalue weighted by molar-refractivity contribution is -0.385. The molecule has 9 nitrogen and oxygen atoms in total. The minimum atomic E-state index is -1.09. The Morgan fingerprint density at radius 2 is 1.97 bits per heavy atom. The zero-order valence-electron chi connectivity index (χ0n) is 18.6. The van der Waals surface area contributed by atoms with Crippen LogP contribution in [0, 0.1) is 15.9 Å². The van der Waals surface area contributed by atoms with Crippen molar-refractivity contribution in [2.75, 3.05) is 36.5 Å². The standard InChI is InChI=1S/C23H25BrFN3O6/c1-2-33-20-12-17(15(24)11-18(20)28(31)32)27-9-7-23(30,8-10-27)13-34-19-5-4-16(25)22-14(19)3-6-21(29)26-22/h4-5,11-12,30H,2-3,6-10,13H2,1H3,(H,26,29). The monoisotopic (exact) mass is 537 g/mol. The largest absolute Gasteiger partial charge is 0.490 e. The van der Waals surface area contributed by atoms with Crippen molar-refractivity contribution in [2.24, 2.45) is 0 Å². The average Bonchev–Trinajstić information content (AvgIpc) is 2.80. The van der Waals surface area contributed by atoms with Crippen molar-refractivity contribution in [2.45, 2.75) is 38.2 Å². The minimum Gasteiger partial charge on any atom is -0.490 e. The second-order valence-corrected chi connectivity index (χ2v) is 9.26. The fourth-order valence-corrected chi connectivity index (χ4v) is 4.85. The van der Waals surface area contributed by atoms with E-state index in [1.54, 1.807) is 13.0 Å². The van der Waals surface area contributed by atoms with Gasteiger partial charge in [0, 0.05) is 41.7 Å². The summed E-state index contributed by atoms with van der Waals surface area (Å²) in [6.07, 6.45) is 1.43. The first-order valence-electron chi connectivity index (χ1n) is 11.0. The number of carbonyl (C=O) groups is 1. The van der Waals surface area contributed by atoms with Gasteiger partial charge < -0.3 is 24.8 Å². The van der Waals surface area contributed by atoms with E-state index in [1.807, 2.05) is 4.90 Å². The van der Waals surface area contributed by atoms with Crippen molar-refractivity contribution in [1.82, 2.24) is 0 Å². The highest BCUT2D eigenvalue weighted by Crippen LogP contribution is 2.40. The molecule has 2 aliphatic heterocycles. The number of carbonyl (C=O) groups excluding carboxylic acids is 1. The summed E-state index contributed by atoms with van der Waals surface area (Å²) >= 11 is 3.42. The molecule has 2 aromatic rings. The van der Waals surface area contributed by atoms with Crippen molar-refractivity contribution in [3.05, 3.63) is 50.2 Å². The van der Waals surface area contributed by atoms with E-state index in [1.165, 1.54) is 18.2 Å². The summed E-state index contributed by atoms with van der Waals surface area (Å²) in [6.45, 7) is 3.09. The Morgan fingerprint density at radius 1 is 1.24 bits per heavy atom. The minimum absolute atomic E-state index is 0.0263. The second kappa shape index (κ2) is 9.75. The van der Waals surface area contributed by atoms with Crippen LogP contribution in [0.4, 0.5) is 21.5 Å². The van der Waals surface area contributed by atoms with Gasteiger partial charge in [-0.3, -0.25) is 14.9 Å². The zero-order valence-corrected chi connectivity index (χ0v) is 20.2. The Hall–Kier alpha value is -2.92. The third-order valence-corrected chi connectivity index (χ3v) is 6.78. The van der Waals surface area contributed by atoms with Crippen LogP contribution in [0.15, 0.2) is 28.7 Å². The van der Waals surface area contributed by atoms with Crippen molar-refractivity contribution >= 4 is 38.9 Å². The molecule has 182 valence electrons. The first kappa shape index (κ1) is 24.2. The quantitative estimate of drug-likeness (QED) is 0.402. The molecule has 1 fully saturated rings. The number of aliphatic hydroxyl groups is 1. The fourth-order valence-electron chi connectivity index (χ4n) is 4.27. The van der Waals surface area contributed by atoms with Gasteiger partial charge in [0.1, 0.15) is 23.8 Å². The summed E-state index contributed by atoms with van der Waals surface area (Å²) in [5, 5.41) is 25.0. The van der Waals surface area contributed by atoms with Gasteiger partial charge >= 0.3 is 5.69 Å². The van der Waals surface area contributed by atoms with Crippen LogP contribution in [0.2, 0.25) is 0 Å². The number of anilines is 2. The lowest BCUT2D eigenvalue weighted by Crippen LogP contribution is -2.48. The molecule has 1 saturated heterocycles. The number of amides is 1. The summed E-state index contributed by atoms with van der Waals surface area (Å²) in [7, 11) is 0. The predicted molar refractivity (Wildman–Crippen MR) is 127 cm³/mol. The number of piperidine rings is 1. The SMILES string of the molecule is CCOc1cc(N2CCC(O)(COc3ccc(F)c4c3CCC(=O)N4)CC2)c(Br)cc1[N+](=O)[O-]. The Balaban J connectivity index is 1.44. The Labute approximate surface area is 204 Å². The van der Waals surface area contributed by atoms with Gasteiger partial charge in [0.25, 0.3) is 0 Å². The normalized spacial score (nSPS) is 17.1. The average molecular weight is 538 g/mol. The third kappa shape index (κ3) is 4.95. The maximum atomic E-state index is 14.1. The first-order chi connectivity index (χ1) is 16.2. The van der Waals surface area contributed by atoms with E-state index in [4.69, 9.17) is 9.47 Å². The van der Waals surface area contributed by atoms with Crippen LogP contribution >= 0.6 is 15.9 Å². The summed E-state index contributed by atoms with van der Waals surface area (Å²) in [6, 6.07) is 5.84. The van der Waals surface area contributed by atoms with Crippen molar-refractivity contribution < 1.29 is 28.7 Å². The van der Waals surface area contributed by atoms with Gasteiger partial charge in [0.15, 0.2) is 5.75 Å². The predicted octanol–water partition coefficient (Wildman–Crippen LogP) is 4.19. The molecule has 0 aromatic heterocycles. The molecule has 2 aromatic carbocycles.